The number of Topliss-reactive ketones (excluding diaryl/α,β-unsaturated/α-hetero) is 4. The maximum atomic E-state index is 13.3. The molecule has 50 nitrogen and oxygen atoms in total. The largest absolute Gasteiger partial charge is 0.748 e. The molecule has 0 saturated heterocycles. The molecule has 3 rings (SSSR count). The Balaban J connectivity index is 0.00000198. The van der Waals surface area contributed by atoms with Crippen molar-refractivity contribution in [3.05, 3.63) is 48.4 Å². The van der Waals surface area contributed by atoms with E-state index in [1.54, 1.807) is 138 Å². The normalized spacial score (nSPS) is 14.9. The third-order valence-electron chi connectivity index (χ3n) is 22.4. The summed E-state index contributed by atoms with van der Waals surface area (Å²) < 4.78 is 68.1. The topological polar surface area (TPSA) is 773 Å². The van der Waals surface area contributed by atoms with E-state index in [0.29, 0.717) is 70.6 Å². The molecule has 0 saturated carbocycles. The zero-order chi connectivity index (χ0) is 115. The van der Waals surface area contributed by atoms with E-state index >= 15 is 0 Å². The van der Waals surface area contributed by atoms with Crippen molar-refractivity contribution in [2.75, 3.05) is 83.7 Å². The molecular formula is C97H161N20O30S2-. The standard InChI is InChI=1S/C28H46N6O10S.C25H41N5O8.C23H42N4O6S.C21H33N5O6/c1-17(2)23(26(40)32-18(24(38)28(3,4)5)10-9-14-30-27(29)41)33-25(39)19(16-45(42,43)44)31-20(35)11-7-6-8-15-34-21(36)12-13-22(34)37;1-16(2)21(23(35)28-17(22(34)25(3,4)5)7-6-10-27-24(26)36)29-18(31)15-38-14-13-37-12-11-30-19(32)8-9-20(30)33;1-7-34(32,33)15-10-8-9-13-18(28)27-19(16(2)3)21(30)26-17(20(29)23(4,5)6)12-11-14-25-22(24)31;1-12(2)17(25-14(27)11-26-15(28)8-9-16(26)29)19(31)24-13(18(30)21(3,4)5)7-6-10-23-20(22)32/h12-13,17-19,23H,6-11,14-16H2,1-5H3,(H,31,35)(H,32,40)(H,33,39)(H3,29,30,41)(H,42,43,44);8-9,16-17,21H,6-7,10-15H2,1-5H3,(H,28,35)(H,29,31)(H3,26,27,36);7,16-17,19H,1,8-15H2,2-6H3,(H,26,30)(H,27,28)(H3,24,25,31);8-9,12-13,17H,6-7,10-11H2,1-5H3,(H,24,31)(H,25,27)(H3,22,23,32)/p-1/t18-,19-,23-;17-,21-;17-,19-;13-,17-/m1011/s1. The average molecular weight is 2150 g/mol. The van der Waals surface area contributed by atoms with Gasteiger partial charge in [0.05, 0.1) is 72.2 Å². The molecular weight excluding hydrogens is 1990 g/mol. The van der Waals surface area contributed by atoms with Gasteiger partial charge in [0.15, 0.2) is 33.0 Å². The molecule has 0 aromatic rings. The molecule has 0 radical (unpaired) electrons. The molecule has 21 N–H and O–H groups in total. The zero-order valence-corrected chi connectivity index (χ0v) is 91.1. The van der Waals surface area contributed by atoms with Crippen molar-refractivity contribution in [2.24, 2.45) is 68.3 Å². The zero-order valence-electron chi connectivity index (χ0n) is 89.5. The van der Waals surface area contributed by atoms with Crippen molar-refractivity contribution in [3.8, 4) is 0 Å². The van der Waals surface area contributed by atoms with E-state index in [1.807, 2.05) is 0 Å². The molecule has 0 bridgehead atoms. The number of amides is 23. The first-order valence-electron chi connectivity index (χ1n) is 49.3. The minimum Gasteiger partial charge on any atom is -0.748 e. The lowest BCUT2D eigenvalue weighted by Crippen LogP contribution is -2.59. The predicted molar refractivity (Wildman–Crippen MR) is 547 cm³/mol. The molecule has 23 amide bonds. The molecule has 0 aromatic carbocycles. The van der Waals surface area contributed by atoms with Crippen molar-refractivity contribution < 1.29 is 141 Å². The molecule has 0 unspecified atom stereocenters. The van der Waals surface area contributed by atoms with Crippen molar-refractivity contribution in [1.82, 2.24) is 83.8 Å². The van der Waals surface area contributed by atoms with E-state index in [1.165, 1.54) is 12.2 Å². The van der Waals surface area contributed by atoms with Gasteiger partial charge in [0.25, 0.3) is 35.4 Å². The van der Waals surface area contributed by atoms with Crippen molar-refractivity contribution in [3.63, 3.8) is 0 Å². The Labute approximate surface area is 872 Å². The van der Waals surface area contributed by atoms with E-state index < -0.39 is 209 Å². The highest BCUT2D eigenvalue weighted by atomic mass is 32.2. The Hall–Kier alpha value is -12.8. The number of unbranched alkanes of at least 4 members (excludes halogenated alkanes) is 4. The summed E-state index contributed by atoms with van der Waals surface area (Å²) in [6, 6.07) is -11.9. The third-order valence-corrected chi connectivity index (χ3v) is 24.5. The first kappa shape index (κ1) is 136. The van der Waals surface area contributed by atoms with Gasteiger partial charge in [0.2, 0.25) is 53.2 Å². The van der Waals surface area contributed by atoms with Crippen molar-refractivity contribution in [1.29, 1.82) is 0 Å². The van der Waals surface area contributed by atoms with Crippen LogP contribution in [0.5, 0.6) is 0 Å². The number of primary amides is 4. The molecule has 0 spiro atoms. The van der Waals surface area contributed by atoms with Gasteiger partial charge < -0.3 is 106 Å². The number of hydrogen-bond acceptors (Lipinski definition) is 30. The summed E-state index contributed by atoms with van der Waals surface area (Å²) in [5.74, 6) is -11.8. The van der Waals surface area contributed by atoms with Crippen LogP contribution >= 0.6 is 0 Å². The van der Waals surface area contributed by atoms with E-state index in [4.69, 9.17) is 32.4 Å². The number of hydrogen-bond donors (Lipinski definition) is 17. The molecule has 149 heavy (non-hydrogen) atoms. The summed E-state index contributed by atoms with van der Waals surface area (Å²) in [5.41, 5.74) is 17.3. The van der Waals surface area contributed by atoms with E-state index in [-0.39, 0.29) is 162 Å². The Morgan fingerprint density at radius 3 is 0.926 bits per heavy atom. The predicted octanol–water partition coefficient (Wildman–Crippen LogP) is 0.220. The lowest BCUT2D eigenvalue weighted by Gasteiger charge is -2.30. The van der Waals surface area contributed by atoms with Gasteiger partial charge in [-0.3, -0.25) is 106 Å². The van der Waals surface area contributed by atoms with E-state index in [2.05, 4.69) is 75.7 Å². The van der Waals surface area contributed by atoms with Crippen LogP contribution in [0.25, 0.3) is 0 Å². The van der Waals surface area contributed by atoms with Crippen LogP contribution in [0, 0.1) is 45.3 Å². The van der Waals surface area contributed by atoms with Gasteiger partial charge in [-0.05, 0) is 101 Å². The number of nitrogens with one attached hydrogen (secondary N) is 13. The van der Waals surface area contributed by atoms with E-state index in [9.17, 15) is 132 Å². The van der Waals surface area contributed by atoms with Gasteiger partial charge >= 0.3 is 24.1 Å². The number of sulfone groups is 1. The summed E-state index contributed by atoms with van der Waals surface area (Å²) >= 11 is 0. The summed E-state index contributed by atoms with van der Waals surface area (Å²) in [6.45, 7) is 38.5. The molecule has 52 heteroatoms. The average Bonchev–Trinajstić information content (AvgIpc) is 1.29. The van der Waals surface area contributed by atoms with Gasteiger partial charge in [-0.25, -0.2) is 36.0 Å². The van der Waals surface area contributed by atoms with E-state index in [0.717, 1.165) is 44.4 Å². The van der Waals surface area contributed by atoms with Crippen LogP contribution in [0.4, 0.5) is 19.2 Å². The minimum absolute atomic E-state index is 0.00665. The number of nitrogens with two attached hydrogens (primary N) is 4. The van der Waals surface area contributed by atoms with Crippen LogP contribution in [0.1, 0.15) is 241 Å². The van der Waals surface area contributed by atoms with Crippen molar-refractivity contribution >= 4 is 156 Å². The number of ether oxygens (including phenoxy) is 2. The van der Waals surface area contributed by atoms with Gasteiger partial charge in [-0.1, -0.05) is 158 Å². The van der Waals surface area contributed by atoms with Crippen LogP contribution in [0.2, 0.25) is 0 Å². The Bertz CT molecular complexity index is 4920. The number of nitrogens with zero attached hydrogens (tertiary/aromatic N) is 3. The second-order valence-corrected chi connectivity index (χ2v) is 44.6. The van der Waals surface area contributed by atoms with Crippen LogP contribution in [0.15, 0.2) is 48.4 Å². The fourth-order valence-corrected chi connectivity index (χ4v) is 15.6. The Morgan fingerprint density at radius 1 is 0.342 bits per heavy atom. The number of carbonyl (C=O) groups excluding carboxylic acids is 23. The number of carbonyl (C=O) groups is 23. The highest BCUT2D eigenvalue weighted by molar-refractivity contribution is 7.94. The first-order valence-corrected chi connectivity index (χ1v) is 52.6. The maximum absolute atomic E-state index is 13.3. The van der Waals surface area contributed by atoms with Crippen LogP contribution in [0.3, 0.4) is 0 Å². The van der Waals surface area contributed by atoms with Gasteiger partial charge in [-0.2, -0.15) is 0 Å². The Kier molecular flexibility index (Phi) is 60.8. The smallest absolute Gasteiger partial charge is 0.312 e. The second kappa shape index (κ2) is 66.6. The summed E-state index contributed by atoms with van der Waals surface area (Å²) in [4.78, 5) is 283. The fourth-order valence-electron chi connectivity index (χ4n) is 14.2. The number of urea groups is 4. The molecule has 3 aliphatic rings. The molecule has 0 aliphatic carbocycles. The number of imide groups is 3. The molecule has 0 aromatic heterocycles. The highest BCUT2D eigenvalue weighted by Gasteiger charge is 2.41. The van der Waals surface area contributed by atoms with Gasteiger partial charge in [0.1, 0.15) is 43.4 Å². The van der Waals surface area contributed by atoms with Crippen LogP contribution < -0.4 is 92.1 Å². The van der Waals surface area contributed by atoms with Gasteiger partial charge in [-0.15, -0.1) is 0 Å². The monoisotopic (exact) mass is 2150 g/mol. The lowest BCUT2D eigenvalue weighted by molar-refractivity contribution is -0.142. The lowest BCUT2D eigenvalue weighted by atomic mass is 9.84. The quantitative estimate of drug-likeness (QED) is 0.0220. The minimum atomic E-state index is -4.99. The summed E-state index contributed by atoms with van der Waals surface area (Å²) in [7, 11) is -8.24. The number of rotatable bonds is 63. The Morgan fingerprint density at radius 2 is 0.624 bits per heavy atom. The first-order chi connectivity index (χ1) is 68.8. The molecule has 3 aliphatic heterocycles. The van der Waals surface area contributed by atoms with Crippen LogP contribution in [-0.4, -0.2) is 310 Å². The summed E-state index contributed by atoms with van der Waals surface area (Å²) in [6.07, 6.45) is 12.1. The third kappa shape index (κ3) is 56.9. The summed E-state index contributed by atoms with van der Waals surface area (Å²) in [5, 5.41) is 34.1. The van der Waals surface area contributed by atoms with Crippen LogP contribution in [-0.2, 0) is 121 Å². The SMILES string of the molecule is C=CS(=O)(=O)CCCCCC(=O)N[C@@H](C(=O)N[C@H](CCCNC(N)=O)C(=O)C(C)(C)C)C(C)C.CC(C)[C@@H](NC(=O)CN1C(=O)C=CC1=O)C(=O)N[C@H](CCCNC(N)=O)C(=O)C(C)(C)C.CC(C)[C@@H](NC(=O)[C@@H](CS(=O)(=O)[O-])NC(=O)CCCCCN1C(=O)C=CC1=O)C(=O)N[C@H](CCCNC(N)=O)C(=O)C(C)(C)C.CC(C)[C@H](NC(=O)COCCOCCN1C(=O)C=CC1=O)C(=O)N[C@@H](CCCNC(N)=O)C(=O)C(C)(C)C. The molecule has 842 valence electrons. The number of ketones is 4. The molecule has 0 fully saturated rings. The second-order valence-electron chi connectivity index (χ2n) is 41.1. The van der Waals surface area contributed by atoms with Gasteiger partial charge in [0, 0.05) is 109 Å². The fraction of sp³-hybridized carbons (Fsp3) is 0.680. The molecule has 9 atom stereocenters. The molecule has 3 heterocycles. The van der Waals surface area contributed by atoms with Crippen molar-refractivity contribution in [2.45, 2.75) is 296 Å². The maximum Gasteiger partial charge on any atom is 0.312 e. The highest BCUT2D eigenvalue weighted by Crippen LogP contribution is 2.25.